The summed E-state index contributed by atoms with van der Waals surface area (Å²) in [6.07, 6.45) is 2.95. The number of hydrogen-bond acceptors (Lipinski definition) is 5. The number of carbonyl (C=O) groups is 1. The number of esters is 1. The van der Waals surface area contributed by atoms with Gasteiger partial charge in [-0.05, 0) is 42.3 Å². The van der Waals surface area contributed by atoms with Gasteiger partial charge in [0.05, 0.1) is 7.11 Å². The van der Waals surface area contributed by atoms with E-state index < -0.39 is 0 Å². The number of ether oxygens (including phenoxy) is 2. The summed E-state index contributed by atoms with van der Waals surface area (Å²) in [5.41, 5.74) is 2.45. The van der Waals surface area contributed by atoms with Crippen LogP contribution in [0.4, 0.5) is 0 Å². The lowest BCUT2D eigenvalue weighted by atomic mass is 9.81. The van der Waals surface area contributed by atoms with E-state index in [1.807, 2.05) is 35.7 Å². The number of fused-ring (bicyclic) bond motifs is 2. The molecule has 5 heteroatoms. The molecule has 2 bridgehead atoms. The normalized spacial score (nSPS) is 25.3. The van der Waals surface area contributed by atoms with Crippen LogP contribution in [-0.2, 0) is 11.3 Å². The van der Waals surface area contributed by atoms with Gasteiger partial charge < -0.3 is 9.47 Å². The molecule has 0 spiro atoms. The molecule has 31 heavy (non-hydrogen) atoms. The molecular weight excluding hydrogens is 406 g/mol. The Morgan fingerprint density at radius 2 is 1.84 bits per heavy atom. The summed E-state index contributed by atoms with van der Waals surface area (Å²) < 4.78 is 12.0. The molecule has 2 saturated heterocycles. The Labute approximate surface area is 187 Å². The van der Waals surface area contributed by atoms with Crippen molar-refractivity contribution >= 4 is 17.3 Å². The molecule has 2 aromatic carbocycles. The van der Waals surface area contributed by atoms with Gasteiger partial charge in [-0.25, -0.2) is 4.79 Å². The maximum absolute atomic E-state index is 13.0. The van der Waals surface area contributed by atoms with Crippen molar-refractivity contribution in [1.29, 1.82) is 0 Å². The Morgan fingerprint density at radius 1 is 1.03 bits per heavy atom. The summed E-state index contributed by atoms with van der Waals surface area (Å²) in [6.45, 7) is 0.891. The van der Waals surface area contributed by atoms with Crippen LogP contribution < -0.4 is 4.74 Å². The SMILES string of the molecule is COc1ccccc1[C@H]1C[C@@H]2CC[C@@H]([C@@H]1OC(=O)c1cccs1)N2Cc1ccccc1. The van der Waals surface area contributed by atoms with Crippen molar-refractivity contribution in [1.82, 2.24) is 4.90 Å². The first-order valence-electron chi connectivity index (χ1n) is 10.9. The van der Waals surface area contributed by atoms with Crippen molar-refractivity contribution in [2.45, 2.75) is 49.9 Å². The molecule has 0 unspecified atom stereocenters. The highest BCUT2D eigenvalue weighted by Crippen LogP contribution is 2.47. The van der Waals surface area contributed by atoms with E-state index in [0.717, 1.165) is 37.1 Å². The van der Waals surface area contributed by atoms with Gasteiger partial charge in [-0.2, -0.15) is 0 Å². The largest absolute Gasteiger partial charge is 0.496 e. The fourth-order valence-corrected chi connectivity index (χ4v) is 5.93. The van der Waals surface area contributed by atoms with Crippen LogP contribution in [0.25, 0.3) is 0 Å². The van der Waals surface area contributed by atoms with Gasteiger partial charge in [0, 0.05) is 30.1 Å². The van der Waals surface area contributed by atoms with Gasteiger partial charge in [0.15, 0.2) is 0 Å². The number of hydrogen-bond donors (Lipinski definition) is 0. The van der Waals surface area contributed by atoms with E-state index in [9.17, 15) is 4.79 Å². The lowest BCUT2D eigenvalue weighted by molar-refractivity contribution is -0.0342. The summed E-state index contributed by atoms with van der Waals surface area (Å²) in [6, 6.07) is 23.2. The zero-order valence-electron chi connectivity index (χ0n) is 17.6. The van der Waals surface area contributed by atoms with Gasteiger partial charge in [0.25, 0.3) is 0 Å². The van der Waals surface area contributed by atoms with Crippen LogP contribution in [0.2, 0.25) is 0 Å². The van der Waals surface area contributed by atoms with E-state index in [1.54, 1.807) is 7.11 Å². The smallest absolute Gasteiger partial charge is 0.348 e. The first-order chi connectivity index (χ1) is 15.2. The van der Waals surface area contributed by atoms with Crippen molar-refractivity contribution in [2.24, 2.45) is 0 Å². The first-order valence-corrected chi connectivity index (χ1v) is 11.8. The second kappa shape index (κ2) is 8.85. The van der Waals surface area contributed by atoms with E-state index in [0.29, 0.717) is 10.9 Å². The second-order valence-electron chi connectivity index (χ2n) is 8.39. The quantitative estimate of drug-likeness (QED) is 0.481. The lowest BCUT2D eigenvalue weighted by Gasteiger charge is -2.44. The van der Waals surface area contributed by atoms with Gasteiger partial charge in [-0.15, -0.1) is 11.3 Å². The molecule has 3 aromatic rings. The number of para-hydroxylation sites is 1. The highest BCUT2D eigenvalue weighted by molar-refractivity contribution is 7.11. The standard InChI is InChI=1S/C26H27NO3S/c1-29-23-11-6-5-10-20(23)21-16-19-13-14-22(27(19)17-18-8-3-2-4-9-18)25(21)30-26(28)24-12-7-15-31-24/h2-12,15,19,21-22,25H,13-14,16-17H2,1H3/t19-,21+,22-,25+/m0/s1. The summed E-state index contributed by atoms with van der Waals surface area (Å²) in [7, 11) is 1.71. The maximum atomic E-state index is 13.0. The Bertz CT molecular complexity index is 1020. The third-order valence-electron chi connectivity index (χ3n) is 6.70. The molecule has 5 rings (SSSR count). The van der Waals surface area contributed by atoms with Gasteiger partial charge in [0.1, 0.15) is 16.7 Å². The van der Waals surface area contributed by atoms with E-state index in [1.165, 1.54) is 16.9 Å². The Hall–Kier alpha value is -2.63. The number of methoxy groups -OCH3 is 1. The zero-order chi connectivity index (χ0) is 21.2. The van der Waals surface area contributed by atoms with Crippen LogP contribution in [0.5, 0.6) is 5.75 Å². The Kier molecular flexibility index (Phi) is 5.79. The number of rotatable bonds is 6. The number of piperidine rings is 1. The van der Waals surface area contributed by atoms with Crippen LogP contribution in [0, 0.1) is 0 Å². The molecule has 0 N–H and O–H groups in total. The minimum Gasteiger partial charge on any atom is -0.496 e. The van der Waals surface area contributed by atoms with Crippen LogP contribution in [0.15, 0.2) is 72.1 Å². The fourth-order valence-electron chi connectivity index (χ4n) is 5.32. The van der Waals surface area contributed by atoms with E-state index in [4.69, 9.17) is 9.47 Å². The highest BCUT2D eigenvalue weighted by atomic mass is 32.1. The third-order valence-corrected chi connectivity index (χ3v) is 7.55. The van der Waals surface area contributed by atoms with E-state index in [-0.39, 0.29) is 24.0 Å². The van der Waals surface area contributed by atoms with Crippen LogP contribution >= 0.6 is 11.3 Å². The predicted molar refractivity (Wildman–Crippen MR) is 123 cm³/mol. The molecule has 160 valence electrons. The average Bonchev–Trinajstić information content (AvgIpc) is 3.44. The van der Waals surface area contributed by atoms with E-state index >= 15 is 0 Å². The second-order valence-corrected chi connectivity index (χ2v) is 9.34. The molecule has 0 aliphatic carbocycles. The van der Waals surface area contributed by atoms with Gasteiger partial charge in [0.2, 0.25) is 0 Å². The van der Waals surface area contributed by atoms with Crippen molar-refractivity contribution in [3.8, 4) is 5.75 Å². The van der Waals surface area contributed by atoms with Crippen LogP contribution in [0.1, 0.15) is 46.0 Å². The van der Waals surface area contributed by atoms with Crippen LogP contribution in [-0.4, -0.2) is 36.2 Å². The maximum Gasteiger partial charge on any atom is 0.348 e. The number of nitrogens with zero attached hydrogens (tertiary/aromatic N) is 1. The van der Waals surface area contributed by atoms with Crippen molar-refractivity contribution < 1.29 is 14.3 Å². The first kappa shape index (κ1) is 20.3. The molecule has 4 nitrogen and oxygen atoms in total. The molecule has 0 amide bonds. The third kappa shape index (κ3) is 4.00. The summed E-state index contributed by atoms with van der Waals surface area (Å²) in [5, 5.41) is 1.92. The fraction of sp³-hybridized carbons (Fsp3) is 0.346. The molecule has 4 atom stereocenters. The van der Waals surface area contributed by atoms with Crippen molar-refractivity contribution in [3.05, 3.63) is 88.1 Å². The minimum absolute atomic E-state index is 0.129. The Morgan fingerprint density at radius 3 is 2.61 bits per heavy atom. The minimum atomic E-state index is -0.218. The van der Waals surface area contributed by atoms with Gasteiger partial charge >= 0.3 is 5.97 Å². The monoisotopic (exact) mass is 433 g/mol. The summed E-state index contributed by atoms with van der Waals surface area (Å²) >= 11 is 1.43. The molecule has 2 fully saturated rings. The van der Waals surface area contributed by atoms with Crippen molar-refractivity contribution in [3.63, 3.8) is 0 Å². The highest BCUT2D eigenvalue weighted by Gasteiger charge is 2.50. The lowest BCUT2D eigenvalue weighted by Crippen LogP contribution is -2.52. The number of thiophene rings is 1. The summed E-state index contributed by atoms with van der Waals surface area (Å²) in [5.74, 6) is 0.787. The van der Waals surface area contributed by atoms with Gasteiger partial charge in [-0.3, -0.25) is 4.90 Å². The topological polar surface area (TPSA) is 38.8 Å². The summed E-state index contributed by atoms with van der Waals surface area (Å²) in [4.78, 5) is 16.2. The average molecular weight is 434 g/mol. The molecule has 2 aliphatic heterocycles. The van der Waals surface area contributed by atoms with E-state index in [2.05, 4.69) is 41.3 Å². The number of carbonyl (C=O) groups excluding carboxylic acids is 1. The molecule has 2 aliphatic rings. The van der Waals surface area contributed by atoms with Gasteiger partial charge in [-0.1, -0.05) is 54.6 Å². The van der Waals surface area contributed by atoms with Crippen LogP contribution in [0.3, 0.4) is 0 Å². The molecular formula is C26H27NO3S. The van der Waals surface area contributed by atoms with Crippen molar-refractivity contribution in [2.75, 3.05) is 7.11 Å². The number of benzene rings is 2. The molecule has 1 aromatic heterocycles. The molecule has 0 saturated carbocycles. The molecule has 0 radical (unpaired) electrons. The Balaban J connectivity index is 1.48. The molecule has 3 heterocycles. The predicted octanol–water partition coefficient (Wildman–Crippen LogP) is 5.50. The zero-order valence-corrected chi connectivity index (χ0v) is 18.5.